The van der Waals surface area contributed by atoms with Crippen molar-refractivity contribution in [3.05, 3.63) is 0 Å². The minimum Gasteiger partial charge on any atom is -0.383 e. The van der Waals surface area contributed by atoms with Gasteiger partial charge in [-0.1, -0.05) is 0 Å². The molecule has 13 heavy (non-hydrogen) atoms. The van der Waals surface area contributed by atoms with E-state index in [1.54, 1.807) is 0 Å². The monoisotopic (exact) mass is 221 g/mol. The van der Waals surface area contributed by atoms with Crippen LogP contribution in [0.1, 0.15) is 0 Å². The first-order chi connectivity index (χ1) is 5.57. The number of hydrogen-bond acceptors (Lipinski definition) is 3. The summed E-state index contributed by atoms with van der Waals surface area (Å²) in [4.78, 5) is 0. The molecule has 0 aromatic rings. The molecule has 0 spiro atoms. The van der Waals surface area contributed by atoms with Crippen molar-refractivity contribution in [2.24, 2.45) is 0 Å². The molecule has 0 heterocycles. The number of aliphatic hydroxyl groups excluding tert-OH is 1. The fraction of sp³-hybridized carbons (Fsp3) is 1.00. The predicted molar refractivity (Wildman–Crippen MR) is 39.5 cm³/mol. The van der Waals surface area contributed by atoms with Gasteiger partial charge in [0.05, 0.1) is 5.75 Å². The van der Waals surface area contributed by atoms with E-state index in [-0.39, 0.29) is 0 Å². The highest BCUT2D eigenvalue weighted by Crippen LogP contribution is 2.21. The second-order valence-electron chi connectivity index (χ2n) is 2.62. The summed E-state index contributed by atoms with van der Waals surface area (Å²) < 4.78 is 57.5. The lowest BCUT2D eigenvalue weighted by atomic mass is 10.4. The Morgan fingerprint density at radius 3 is 2.00 bits per heavy atom. The molecule has 0 amide bonds. The highest BCUT2D eigenvalue weighted by molar-refractivity contribution is 7.89. The minimum absolute atomic E-state index is 0.627. The summed E-state index contributed by atoms with van der Waals surface area (Å²) in [7, 11) is -1.83. The Bertz CT molecular complexity index is 259. The maximum Gasteiger partial charge on any atom is 0.415 e. The largest absolute Gasteiger partial charge is 0.415 e. The first-order valence-corrected chi connectivity index (χ1v) is 4.83. The minimum atomic E-state index is -4.90. The van der Waals surface area contributed by atoms with Gasteiger partial charge in [-0.05, 0) is 0 Å². The van der Waals surface area contributed by atoms with E-state index in [0.29, 0.717) is 4.31 Å². The first-order valence-electron chi connectivity index (χ1n) is 3.22. The average Bonchev–Trinajstić information content (AvgIpc) is 1.83. The highest BCUT2D eigenvalue weighted by Gasteiger charge is 2.41. The summed E-state index contributed by atoms with van der Waals surface area (Å²) in [5, 5.41) is 8.44. The lowest BCUT2D eigenvalue weighted by Crippen LogP contribution is -2.39. The quantitative estimate of drug-likeness (QED) is 0.718. The Morgan fingerprint density at radius 2 is 1.77 bits per heavy atom. The summed E-state index contributed by atoms with van der Waals surface area (Å²) in [6.07, 6.45) is -7.73. The standard InChI is InChI=1S/C5H10F3NO3S/c1-9(2)13(11,12)3-4(10)5(6,7)8/h4,10H,3H2,1-2H3. The smallest absolute Gasteiger partial charge is 0.383 e. The molecule has 0 saturated carbocycles. The summed E-state index contributed by atoms with van der Waals surface area (Å²) in [6, 6.07) is 0. The zero-order valence-electron chi connectivity index (χ0n) is 7.04. The molecule has 0 aliphatic rings. The van der Waals surface area contributed by atoms with Crippen LogP contribution in [0.4, 0.5) is 13.2 Å². The number of alkyl halides is 3. The highest BCUT2D eigenvalue weighted by atomic mass is 32.2. The van der Waals surface area contributed by atoms with Gasteiger partial charge in [0.15, 0.2) is 6.10 Å². The summed E-state index contributed by atoms with van der Waals surface area (Å²) >= 11 is 0. The molecule has 0 fully saturated rings. The summed E-state index contributed by atoms with van der Waals surface area (Å²) in [5.41, 5.74) is 0. The molecule has 8 heteroatoms. The molecule has 1 N–H and O–H groups in total. The lowest BCUT2D eigenvalue weighted by molar-refractivity contribution is -0.196. The maximum atomic E-state index is 11.7. The van der Waals surface area contributed by atoms with Gasteiger partial charge < -0.3 is 5.11 Å². The zero-order valence-corrected chi connectivity index (χ0v) is 7.85. The number of nitrogens with zero attached hydrogens (tertiary/aromatic N) is 1. The van der Waals surface area contributed by atoms with Gasteiger partial charge in [0.2, 0.25) is 10.0 Å². The summed E-state index contributed by atoms with van der Waals surface area (Å²) in [5.74, 6) is -1.34. The van der Waals surface area contributed by atoms with E-state index in [2.05, 4.69) is 0 Å². The SMILES string of the molecule is CN(C)S(=O)(=O)CC(O)C(F)(F)F. The Balaban J connectivity index is 4.48. The van der Waals surface area contributed by atoms with Crippen molar-refractivity contribution in [3.63, 3.8) is 0 Å². The van der Waals surface area contributed by atoms with E-state index in [0.717, 1.165) is 14.1 Å². The molecule has 0 bridgehead atoms. The van der Waals surface area contributed by atoms with Crippen molar-refractivity contribution in [3.8, 4) is 0 Å². The van der Waals surface area contributed by atoms with Crippen LogP contribution in [-0.2, 0) is 10.0 Å². The van der Waals surface area contributed by atoms with Crippen molar-refractivity contribution < 1.29 is 26.7 Å². The molecule has 4 nitrogen and oxygen atoms in total. The predicted octanol–water partition coefficient (Wildman–Crippen LogP) is -0.199. The normalized spacial score (nSPS) is 16.2. The Morgan fingerprint density at radius 1 is 1.38 bits per heavy atom. The molecule has 0 radical (unpaired) electrons. The zero-order chi connectivity index (χ0) is 10.9. The van der Waals surface area contributed by atoms with Crippen molar-refractivity contribution in [1.29, 1.82) is 0 Å². The van der Waals surface area contributed by atoms with Crippen molar-refractivity contribution in [2.75, 3.05) is 19.8 Å². The van der Waals surface area contributed by atoms with Crippen LogP contribution in [0.15, 0.2) is 0 Å². The molecule has 0 aromatic heterocycles. The number of aliphatic hydroxyl groups is 1. The third kappa shape index (κ3) is 3.92. The van der Waals surface area contributed by atoms with Crippen LogP contribution in [0.25, 0.3) is 0 Å². The van der Waals surface area contributed by atoms with Gasteiger partial charge in [-0.2, -0.15) is 13.2 Å². The van der Waals surface area contributed by atoms with Crippen molar-refractivity contribution in [2.45, 2.75) is 12.3 Å². The molecule has 0 aliphatic carbocycles. The van der Waals surface area contributed by atoms with Crippen LogP contribution in [0, 0.1) is 0 Å². The number of halogens is 3. The molecule has 1 unspecified atom stereocenters. The summed E-state index contributed by atoms with van der Waals surface area (Å²) in [6.45, 7) is 0. The van der Waals surface area contributed by atoms with E-state index in [4.69, 9.17) is 5.11 Å². The second kappa shape index (κ2) is 3.81. The average molecular weight is 221 g/mol. The van der Waals surface area contributed by atoms with Crippen molar-refractivity contribution in [1.82, 2.24) is 4.31 Å². The van der Waals surface area contributed by atoms with E-state index in [9.17, 15) is 21.6 Å². The van der Waals surface area contributed by atoms with E-state index in [1.807, 2.05) is 0 Å². The van der Waals surface area contributed by atoms with Crippen LogP contribution in [0.2, 0.25) is 0 Å². The van der Waals surface area contributed by atoms with Crippen molar-refractivity contribution >= 4 is 10.0 Å². The Kier molecular flexibility index (Phi) is 3.71. The number of hydrogen-bond donors (Lipinski definition) is 1. The number of rotatable bonds is 3. The number of sulfonamides is 1. The Labute approximate surface area is 74.0 Å². The maximum absolute atomic E-state index is 11.7. The van der Waals surface area contributed by atoms with Gasteiger partial charge in [-0.25, -0.2) is 12.7 Å². The van der Waals surface area contributed by atoms with Crippen LogP contribution in [0.5, 0.6) is 0 Å². The first kappa shape index (κ1) is 12.7. The molecule has 0 aliphatic heterocycles. The van der Waals surface area contributed by atoms with Crippen LogP contribution >= 0.6 is 0 Å². The van der Waals surface area contributed by atoms with E-state index >= 15 is 0 Å². The fourth-order valence-corrected chi connectivity index (χ4v) is 1.33. The molecule has 80 valence electrons. The van der Waals surface area contributed by atoms with Gasteiger partial charge in [0.25, 0.3) is 0 Å². The van der Waals surface area contributed by atoms with Gasteiger partial charge in [-0.15, -0.1) is 0 Å². The second-order valence-corrected chi connectivity index (χ2v) is 4.85. The van der Waals surface area contributed by atoms with Crippen LogP contribution in [-0.4, -0.2) is 50.0 Å². The van der Waals surface area contributed by atoms with Gasteiger partial charge in [-0.3, -0.25) is 0 Å². The molecule has 0 rings (SSSR count). The third-order valence-corrected chi connectivity index (χ3v) is 3.15. The van der Waals surface area contributed by atoms with Gasteiger partial charge >= 0.3 is 6.18 Å². The van der Waals surface area contributed by atoms with Gasteiger partial charge in [0, 0.05) is 14.1 Å². The molecular weight excluding hydrogens is 211 g/mol. The Hall–Kier alpha value is -0.340. The molecule has 0 aromatic carbocycles. The van der Waals surface area contributed by atoms with E-state index in [1.165, 1.54) is 0 Å². The fourth-order valence-electron chi connectivity index (χ4n) is 0.443. The van der Waals surface area contributed by atoms with Crippen LogP contribution in [0.3, 0.4) is 0 Å². The topological polar surface area (TPSA) is 57.6 Å². The van der Waals surface area contributed by atoms with E-state index < -0.39 is 28.1 Å². The molecule has 0 saturated heterocycles. The van der Waals surface area contributed by atoms with Crippen LogP contribution < -0.4 is 0 Å². The molecular formula is C5H10F3NO3S. The lowest BCUT2D eigenvalue weighted by Gasteiger charge is -2.17. The molecule has 1 atom stereocenters. The third-order valence-electron chi connectivity index (χ3n) is 1.30. The van der Waals surface area contributed by atoms with Gasteiger partial charge in [0.1, 0.15) is 0 Å².